The van der Waals surface area contributed by atoms with Gasteiger partial charge in [0.15, 0.2) is 0 Å². The fourth-order valence-corrected chi connectivity index (χ4v) is 1.68. The van der Waals surface area contributed by atoms with E-state index in [9.17, 15) is 14.4 Å². The van der Waals surface area contributed by atoms with E-state index in [4.69, 9.17) is 13.9 Å². The summed E-state index contributed by atoms with van der Waals surface area (Å²) in [6, 6.07) is 0.962. The number of carbonyl (C=O) groups is 2. The fourth-order valence-electron chi connectivity index (χ4n) is 1.68. The summed E-state index contributed by atoms with van der Waals surface area (Å²) >= 11 is 0. The molecule has 1 rings (SSSR count). The molecule has 0 saturated carbocycles. The van der Waals surface area contributed by atoms with Gasteiger partial charge in [0.05, 0.1) is 18.8 Å². The van der Waals surface area contributed by atoms with Gasteiger partial charge in [-0.25, -0.2) is 14.4 Å². The van der Waals surface area contributed by atoms with Crippen molar-refractivity contribution in [2.24, 2.45) is 0 Å². The minimum atomic E-state index is -0.720. The van der Waals surface area contributed by atoms with Crippen LogP contribution in [-0.2, 0) is 9.47 Å². The van der Waals surface area contributed by atoms with E-state index in [-0.39, 0.29) is 30.1 Å². The van der Waals surface area contributed by atoms with Gasteiger partial charge in [-0.3, -0.25) is 0 Å². The Morgan fingerprint density at radius 1 is 1.10 bits per heavy atom. The summed E-state index contributed by atoms with van der Waals surface area (Å²) in [6.07, 6.45) is 2.23. The first-order chi connectivity index (χ1) is 10.0. The topological polar surface area (TPSA) is 82.8 Å². The van der Waals surface area contributed by atoms with E-state index in [1.54, 1.807) is 0 Å². The standard InChI is InChI=1S/C15H20O6/c1-4-6-8-20-14(17)11-9-12(16)21-10(3)13(11)15(18)19-7-5-2/h9H,4-8H2,1-3H3. The number of unbranched alkanes of at least 4 members (excludes halogenated alkanes) is 1. The van der Waals surface area contributed by atoms with E-state index in [0.29, 0.717) is 12.8 Å². The molecule has 1 aromatic heterocycles. The molecule has 1 aromatic rings. The average Bonchev–Trinajstić information content (AvgIpc) is 2.44. The van der Waals surface area contributed by atoms with E-state index in [1.165, 1.54) is 6.92 Å². The zero-order chi connectivity index (χ0) is 15.8. The van der Waals surface area contributed by atoms with Gasteiger partial charge in [-0.15, -0.1) is 0 Å². The van der Waals surface area contributed by atoms with Crippen molar-refractivity contribution >= 4 is 11.9 Å². The molecule has 116 valence electrons. The molecule has 0 atom stereocenters. The average molecular weight is 296 g/mol. The molecule has 0 spiro atoms. The molecule has 1 heterocycles. The molecule has 6 nitrogen and oxygen atoms in total. The Balaban J connectivity index is 3.08. The third-order valence-electron chi connectivity index (χ3n) is 2.73. The Bertz CT molecular complexity index is 558. The Labute approximate surface area is 123 Å². The zero-order valence-electron chi connectivity index (χ0n) is 12.6. The summed E-state index contributed by atoms with van der Waals surface area (Å²) < 4.78 is 14.9. The predicted molar refractivity (Wildman–Crippen MR) is 75.5 cm³/mol. The van der Waals surface area contributed by atoms with Crippen molar-refractivity contribution in [3.05, 3.63) is 33.4 Å². The minimum absolute atomic E-state index is 0.0473. The highest BCUT2D eigenvalue weighted by Gasteiger charge is 2.24. The normalized spacial score (nSPS) is 10.2. The van der Waals surface area contributed by atoms with Gasteiger partial charge in [-0.2, -0.15) is 0 Å². The molecular weight excluding hydrogens is 276 g/mol. The van der Waals surface area contributed by atoms with Crippen LogP contribution in [0.25, 0.3) is 0 Å². The summed E-state index contributed by atoms with van der Waals surface area (Å²) in [5, 5.41) is 0. The van der Waals surface area contributed by atoms with Crippen LogP contribution in [0.1, 0.15) is 59.6 Å². The van der Waals surface area contributed by atoms with Gasteiger partial charge < -0.3 is 13.9 Å². The summed E-state index contributed by atoms with van der Waals surface area (Å²) in [5.41, 5.74) is -0.868. The first-order valence-electron chi connectivity index (χ1n) is 7.00. The van der Waals surface area contributed by atoms with Crippen molar-refractivity contribution in [2.45, 2.75) is 40.0 Å². The largest absolute Gasteiger partial charge is 0.462 e. The van der Waals surface area contributed by atoms with Gasteiger partial charge >= 0.3 is 17.6 Å². The first-order valence-corrected chi connectivity index (χ1v) is 7.00. The second-order valence-electron chi connectivity index (χ2n) is 4.54. The maximum absolute atomic E-state index is 12.0. The van der Waals surface area contributed by atoms with Crippen LogP contribution in [-0.4, -0.2) is 25.2 Å². The fraction of sp³-hybridized carbons (Fsp3) is 0.533. The Morgan fingerprint density at radius 2 is 1.76 bits per heavy atom. The molecule has 0 aliphatic carbocycles. The number of rotatable bonds is 7. The maximum Gasteiger partial charge on any atom is 0.342 e. The summed E-state index contributed by atoms with van der Waals surface area (Å²) in [5.74, 6) is -1.37. The first kappa shape index (κ1) is 16.9. The van der Waals surface area contributed by atoms with E-state index in [2.05, 4.69) is 0 Å². The Kier molecular flexibility index (Phi) is 6.65. The minimum Gasteiger partial charge on any atom is -0.462 e. The van der Waals surface area contributed by atoms with E-state index < -0.39 is 17.6 Å². The number of ether oxygens (including phenoxy) is 2. The molecule has 0 aliphatic rings. The lowest BCUT2D eigenvalue weighted by atomic mass is 10.1. The van der Waals surface area contributed by atoms with Gasteiger partial charge in [-0.1, -0.05) is 20.3 Å². The molecule has 0 unspecified atom stereocenters. The van der Waals surface area contributed by atoms with E-state index >= 15 is 0 Å². The van der Waals surface area contributed by atoms with Crippen molar-refractivity contribution < 1.29 is 23.5 Å². The number of hydrogen-bond donors (Lipinski definition) is 0. The molecule has 0 aromatic carbocycles. The lowest BCUT2D eigenvalue weighted by Gasteiger charge is -2.10. The van der Waals surface area contributed by atoms with Crippen molar-refractivity contribution in [3.63, 3.8) is 0 Å². The van der Waals surface area contributed by atoms with Gasteiger partial charge in [-0.05, 0) is 19.8 Å². The van der Waals surface area contributed by atoms with Crippen LogP contribution in [0.3, 0.4) is 0 Å². The maximum atomic E-state index is 12.0. The quantitative estimate of drug-likeness (QED) is 0.568. The summed E-state index contributed by atoms with van der Waals surface area (Å²) in [4.78, 5) is 35.4. The number of aryl methyl sites for hydroxylation is 1. The lowest BCUT2D eigenvalue weighted by molar-refractivity contribution is 0.0449. The number of esters is 2. The van der Waals surface area contributed by atoms with Crippen LogP contribution in [0.2, 0.25) is 0 Å². The summed E-state index contributed by atoms with van der Waals surface area (Å²) in [7, 11) is 0. The Morgan fingerprint density at radius 3 is 2.38 bits per heavy atom. The van der Waals surface area contributed by atoms with Crippen LogP contribution in [0.4, 0.5) is 0 Å². The third kappa shape index (κ3) is 4.73. The van der Waals surface area contributed by atoms with Gasteiger partial charge in [0.1, 0.15) is 11.3 Å². The monoisotopic (exact) mass is 296 g/mol. The third-order valence-corrected chi connectivity index (χ3v) is 2.73. The van der Waals surface area contributed by atoms with Crippen LogP contribution >= 0.6 is 0 Å². The lowest BCUT2D eigenvalue weighted by Crippen LogP contribution is -2.19. The van der Waals surface area contributed by atoms with Crippen LogP contribution in [0.15, 0.2) is 15.3 Å². The van der Waals surface area contributed by atoms with Crippen molar-refractivity contribution in [1.82, 2.24) is 0 Å². The van der Waals surface area contributed by atoms with Gasteiger partial charge in [0, 0.05) is 6.07 Å². The van der Waals surface area contributed by atoms with Crippen molar-refractivity contribution in [1.29, 1.82) is 0 Å². The van der Waals surface area contributed by atoms with Gasteiger partial charge in [0.2, 0.25) is 0 Å². The van der Waals surface area contributed by atoms with Crippen LogP contribution in [0.5, 0.6) is 0 Å². The highest BCUT2D eigenvalue weighted by molar-refractivity contribution is 6.03. The molecule has 0 aliphatic heterocycles. The summed E-state index contributed by atoms with van der Waals surface area (Å²) in [6.45, 7) is 5.71. The number of carbonyl (C=O) groups excluding carboxylic acids is 2. The second kappa shape index (κ2) is 8.24. The smallest absolute Gasteiger partial charge is 0.342 e. The van der Waals surface area contributed by atoms with Crippen LogP contribution < -0.4 is 5.63 Å². The second-order valence-corrected chi connectivity index (χ2v) is 4.54. The highest BCUT2D eigenvalue weighted by Crippen LogP contribution is 2.15. The number of hydrogen-bond acceptors (Lipinski definition) is 6. The van der Waals surface area contributed by atoms with Crippen LogP contribution in [0, 0.1) is 6.92 Å². The SMILES string of the molecule is CCCCOC(=O)c1cc(=O)oc(C)c1C(=O)OCCC. The molecule has 0 amide bonds. The molecular formula is C15H20O6. The molecule has 0 fully saturated rings. The van der Waals surface area contributed by atoms with E-state index in [1.807, 2.05) is 13.8 Å². The van der Waals surface area contributed by atoms with Gasteiger partial charge in [0.25, 0.3) is 0 Å². The Hall–Kier alpha value is -2.11. The zero-order valence-corrected chi connectivity index (χ0v) is 12.6. The molecule has 0 bridgehead atoms. The predicted octanol–water partition coefficient (Wildman–Crippen LogP) is 2.47. The van der Waals surface area contributed by atoms with Crippen molar-refractivity contribution in [3.8, 4) is 0 Å². The molecule has 21 heavy (non-hydrogen) atoms. The van der Waals surface area contributed by atoms with Crippen molar-refractivity contribution in [2.75, 3.05) is 13.2 Å². The molecule has 0 N–H and O–H groups in total. The highest BCUT2D eigenvalue weighted by atomic mass is 16.5. The molecule has 0 saturated heterocycles. The van der Waals surface area contributed by atoms with E-state index in [0.717, 1.165) is 12.5 Å². The molecule has 0 radical (unpaired) electrons. The molecule has 6 heteroatoms.